The van der Waals surface area contributed by atoms with E-state index in [1.807, 2.05) is 48.2 Å². The smallest absolute Gasteiger partial charge is 0.226 e. The van der Waals surface area contributed by atoms with E-state index in [1.54, 1.807) is 24.3 Å². The molecular formula is C14H17N3OS. The summed E-state index contributed by atoms with van der Waals surface area (Å²) in [4.78, 5) is 17.1. The van der Waals surface area contributed by atoms with Crippen molar-refractivity contribution in [3.05, 3.63) is 43.0 Å². The number of rotatable bonds is 5. The van der Waals surface area contributed by atoms with Crippen molar-refractivity contribution in [2.45, 2.75) is 24.3 Å². The average molecular weight is 275 g/mol. The van der Waals surface area contributed by atoms with Crippen LogP contribution in [0.5, 0.6) is 0 Å². The summed E-state index contributed by atoms with van der Waals surface area (Å²) in [5.41, 5.74) is 0.842. The number of carbonyl (C=O) groups excluding carboxylic acids is 1. The first-order valence-electron chi connectivity index (χ1n) is 6.10. The molecule has 1 N–H and O–H groups in total. The zero-order chi connectivity index (χ0) is 13.7. The molecule has 2 rings (SSSR count). The summed E-state index contributed by atoms with van der Waals surface area (Å²) in [6.07, 6.45) is 7.76. The summed E-state index contributed by atoms with van der Waals surface area (Å²) in [7, 11) is 0. The van der Waals surface area contributed by atoms with Crippen LogP contribution >= 0.6 is 11.8 Å². The van der Waals surface area contributed by atoms with Gasteiger partial charge in [0.25, 0.3) is 0 Å². The molecule has 2 aromatic rings. The lowest BCUT2D eigenvalue weighted by molar-refractivity contribution is -0.116. The molecule has 1 amide bonds. The van der Waals surface area contributed by atoms with E-state index < -0.39 is 0 Å². The summed E-state index contributed by atoms with van der Waals surface area (Å²) in [5.74, 6) is 0.0134. The Morgan fingerprint density at radius 2 is 2.37 bits per heavy atom. The fraction of sp³-hybridized carbons (Fsp3) is 0.286. The molecule has 0 aliphatic rings. The van der Waals surface area contributed by atoms with Gasteiger partial charge in [-0.2, -0.15) is 0 Å². The van der Waals surface area contributed by atoms with Crippen molar-refractivity contribution in [2.75, 3.05) is 11.6 Å². The Morgan fingerprint density at radius 3 is 3.05 bits per heavy atom. The van der Waals surface area contributed by atoms with Gasteiger partial charge in [-0.15, -0.1) is 11.8 Å². The molecule has 0 radical (unpaired) electrons. The van der Waals surface area contributed by atoms with Gasteiger partial charge in [0.05, 0.1) is 6.33 Å². The summed E-state index contributed by atoms with van der Waals surface area (Å²) in [6.45, 7) is 2.00. The fourth-order valence-corrected chi connectivity index (χ4v) is 2.28. The summed E-state index contributed by atoms with van der Waals surface area (Å²) < 4.78 is 1.93. The van der Waals surface area contributed by atoms with Crippen molar-refractivity contribution in [2.24, 2.45) is 0 Å². The van der Waals surface area contributed by atoms with Gasteiger partial charge >= 0.3 is 0 Å². The minimum absolute atomic E-state index is 0.0134. The van der Waals surface area contributed by atoms with Crippen molar-refractivity contribution in [3.63, 3.8) is 0 Å². The van der Waals surface area contributed by atoms with Crippen LogP contribution in [0.4, 0.5) is 5.69 Å². The molecule has 1 aromatic heterocycles. The van der Waals surface area contributed by atoms with E-state index in [1.165, 1.54) is 0 Å². The molecule has 4 nitrogen and oxygen atoms in total. The Morgan fingerprint density at radius 1 is 1.53 bits per heavy atom. The first-order chi connectivity index (χ1) is 9.19. The van der Waals surface area contributed by atoms with Gasteiger partial charge in [0.1, 0.15) is 0 Å². The molecule has 0 saturated carbocycles. The molecule has 5 heteroatoms. The highest BCUT2D eigenvalue weighted by atomic mass is 32.2. The predicted octanol–water partition coefficient (Wildman–Crippen LogP) is 3.19. The molecule has 1 aromatic carbocycles. The Bertz CT molecular complexity index is 539. The molecule has 19 heavy (non-hydrogen) atoms. The molecule has 0 fully saturated rings. The number of benzene rings is 1. The van der Waals surface area contributed by atoms with Gasteiger partial charge in [-0.25, -0.2) is 4.98 Å². The standard InChI is InChI=1S/C14H17N3OS/c1-11(17-7-6-15-10-17)8-14(18)16-12-4-3-5-13(9-12)19-2/h3-7,9-11H,8H2,1-2H3,(H,16,18)/t11-/m1/s1. The van der Waals surface area contributed by atoms with Crippen LogP contribution < -0.4 is 5.32 Å². The average Bonchev–Trinajstić information content (AvgIpc) is 2.92. The van der Waals surface area contributed by atoms with E-state index in [0.29, 0.717) is 6.42 Å². The van der Waals surface area contributed by atoms with Crippen molar-refractivity contribution in [1.29, 1.82) is 0 Å². The lowest BCUT2D eigenvalue weighted by atomic mass is 10.2. The van der Waals surface area contributed by atoms with E-state index in [-0.39, 0.29) is 11.9 Å². The van der Waals surface area contributed by atoms with Crippen molar-refractivity contribution in [3.8, 4) is 0 Å². The molecule has 0 unspecified atom stereocenters. The highest BCUT2D eigenvalue weighted by Crippen LogP contribution is 2.19. The zero-order valence-electron chi connectivity index (χ0n) is 11.0. The molecule has 100 valence electrons. The minimum atomic E-state index is 0.0134. The van der Waals surface area contributed by atoms with Crippen LogP contribution in [0.1, 0.15) is 19.4 Å². The number of amides is 1. The molecule has 1 atom stereocenters. The summed E-state index contributed by atoms with van der Waals surface area (Å²) in [5, 5.41) is 2.92. The van der Waals surface area contributed by atoms with Gasteiger partial charge in [-0.05, 0) is 31.4 Å². The van der Waals surface area contributed by atoms with E-state index in [9.17, 15) is 4.79 Å². The van der Waals surface area contributed by atoms with E-state index in [0.717, 1.165) is 10.6 Å². The number of nitrogens with zero attached hydrogens (tertiary/aromatic N) is 2. The Kier molecular flexibility index (Phi) is 4.63. The molecule has 0 aliphatic heterocycles. The van der Waals surface area contributed by atoms with Crippen LogP contribution in [0.15, 0.2) is 47.9 Å². The maximum atomic E-state index is 12.0. The first-order valence-corrected chi connectivity index (χ1v) is 7.33. The summed E-state index contributed by atoms with van der Waals surface area (Å²) >= 11 is 1.66. The molecule has 1 heterocycles. The predicted molar refractivity (Wildman–Crippen MR) is 78.4 cm³/mol. The number of anilines is 1. The van der Waals surface area contributed by atoms with Gasteiger partial charge in [-0.3, -0.25) is 4.79 Å². The van der Waals surface area contributed by atoms with Gasteiger partial charge in [0, 0.05) is 35.4 Å². The highest BCUT2D eigenvalue weighted by molar-refractivity contribution is 7.98. The van der Waals surface area contributed by atoms with Crippen LogP contribution in [0.3, 0.4) is 0 Å². The lowest BCUT2D eigenvalue weighted by Crippen LogP contribution is -2.16. The second-order valence-electron chi connectivity index (χ2n) is 4.34. The third kappa shape index (κ3) is 3.86. The number of hydrogen-bond donors (Lipinski definition) is 1. The second-order valence-corrected chi connectivity index (χ2v) is 5.22. The normalized spacial score (nSPS) is 12.1. The van der Waals surface area contributed by atoms with Gasteiger partial charge in [-0.1, -0.05) is 6.07 Å². The number of carbonyl (C=O) groups is 1. The van der Waals surface area contributed by atoms with Crippen LogP contribution in [0.25, 0.3) is 0 Å². The monoisotopic (exact) mass is 275 g/mol. The van der Waals surface area contributed by atoms with Crippen molar-refractivity contribution >= 4 is 23.4 Å². The number of aromatic nitrogens is 2. The number of hydrogen-bond acceptors (Lipinski definition) is 3. The zero-order valence-corrected chi connectivity index (χ0v) is 11.9. The largest absolute Gasteiger partial charge is 0.334 e. The number of imidazole rings is 1. The second kappa shape index (κ2) is 6.43. The molecule has 0 spiro atoms. The number of nitrogens with one attached hydrogen (secondary N) is 1. The third-order valence-electron chi connectivity index (χ3n) is 2.87. The molecule has 0 aliphatic carbocycles. The Balaban J connectivity index is 1.93. The SMILES string of the molecule is CSc1cccc(NC(=O)C[C@@H](C)n2ccnc2)c1. The maximum Gasteiger partial charge on any atom is 0.226 e. The third-order valence-corrected chi connectivity index (χ3v) is 3.59. The maximum absolute atomic E-state index is 12.0. The first kappa shape index (κ1) is 13.7. The topological polar surface area (TPSA) is 46.9 Å². The van der Waals surface area contributed by atoms with Crippen LogP contribution in [-0.2, 0) is 4.79 Å². The van der Waals surface area contributed by atoms with E-state index in [4.69, 9.17) is 0 Å². The van der Waals surface area contributed by atoms with E-state index >= 15 is 0 Å². The van der Waals surface area contributed by atoms with Gasteiger partial charge in [0.2, 0.25) is 5.91 Å². The van der Waals surface area contributed by atoms with Crippen molar-refractivity contribution in [1.82, 2.24) is 9.55 Å². The van der Waals surface area contributed by atoms with Gasteiger partial charge in [0.15, 0.2) is 0 Å². The lowest BCUT2D eigenvalue weighted by Gasteiger charge is -2.13. The molecular weight excluding hydrogens is 258 g/mol. The highest BCUT2D eigenvalue weighted by Gasteiger charge is 2.10. The van der Waals surface area contributed by atoms with Crippen LogP contribution in [0, 0.1) is 0 Å². The van der Waals surface area contributed by atoms with E-state index in [2.05, 4.69) is 10.3 Å². The molecule has 0 bridgehead atoms. The van der Waals surface area contributed by atoms with Crippen molar-refractivity contribution < 1.29 is 4.79 Å². The Labute approximate surface area is 117 Å². The quantitative estimate of drug-likeness (QED) is 0.852. The fourth-order valence-electron chi connectivity index (χ4n) is 1.82. The van der Waals surface area contributed by atoms with Crippen LogP contribution in [-0.4, -0.2) is 21.7 Å². The van der Waals surface area contributed by atoms with Crippen LogP contribution in [0.2, 0.25) is 0 Å². The number of thioether (sulfide) groups is 1. The Hall–Kier alpha value is -1.75. The summed E-state index contributed by atoms with van der Waals surface area (Å²) in [6, 6.07) is 7.95. The van der Waals surface area contributed by atoms with Gasteiger partial charge < -0.3 is 9.88 Å². The minimum Gasteiger partial charge on any atom is -0.334 e. The molecule has 0 saturated heterocycles.